The highest BCUT2D eigenvalue weighted by Crippen LogP contribution is 2.64. The summed E-state index contributed by atoms with van der Waals surface area (Å²) in [6.45, 7) is -0.0115. The predicted octanol–water partition coefficient (Wildman–Crippen LogP) is 7.66. The Morgan fingerprint density at radius 3 is 2.68 bits per heavy atom. The molecular weight excluding hydrogens is 543 g/mol. The summed E-state index contributed by atoms with van der Waals surface area (Å²) in [5, 5.41) is 7.56. The van der Waals surface area contributed by atoms with E-state index in [-0.39, 0.29) is 23.2 Å². The average molecular weight is 568 g/mol. The van der Waals surface area contributed by atoms with Crippen molar-refractivity contribution < 1.29 is 4.79 Å². The molecule has 2 aliphatic carbocycles. The number of hydrogen-bond acceptors (Lipinski definition) is 4. The van der Waals surface area contributed by atoms with Crippen molar-refractivity contribution in [2.24, 2.45) is 17.8 Å². The van der Waals surface area contributed by atoms with Gasteiger partial charge in [0.05, 0.1) is 15.1 Å². The minimum atomic E-state index is -0.202. The zero-order valence-electron chi connectivity index (χ0n) is 19.8. The lowest BCUT2D eigenvalue weighted by atomic mass is 9.75. The van der Waals surface area contributed by atoms with E-state index in [0.29, 0.717) is 33.0 Å². The number of rotatable bonds is 4. The molecule has 2 heterocycles. The Hall–Kier alpha value is -2.25. The van der Waals surface area contributed by atoms with Gasteiger partial charge in [0.25, 0.3) is 0 Å². The number of carbonyl (C=O) groups excluding carboxylic acids is 1. The van der Waals surface area contributed by atoms with Crippen LogP contribution in [0.5, 0.6) is 0 Å². The zero-order chi connectivity index (χ0) is 25.3. The molecule has 2 saturated carbocycles. The summed E-state index contributed by atoms with van der Waals surface area (Å²) in [6, 6.07) is 19.6. The van der Waals surface area contributed by atoms with Crippen LogP contribution in [0.15, 0.2) is 70.5 Å². The van der Waals surface area contributed by atoms with Crippen LogP contribution >= 0.6 is 46.3 Å². The van der Waals surface area contributed by atoms with E-state index >= 15 is 0 Å². The summed E-state index contributed by atoms with van der Waals surface area (Å²) < 4.78 is 1.68. The van der Waals surface area contributed by atoms with Gasteiger partial charge in [0, 0.05) is 27.1 Å². The molecule has 1 aliphatic heterocycles. The number of anilines is 1. The van der Waals surface area contributed by atoms with Gasteiger partial charge in [-0.05, 0) is 60.1 Å². The van der Waals surface area contributed by atoms with Crippen molar-refractivity contribution in [3.8, 4) is 0 Å². The molecule has 5 unspecified atom stereocenters. The van der Waals surface area contributed by atoms with Crippen LogP contribution in [-0.2, 0) is 11.3 Å². The Bertz CT molecular complexity index is 1610. The number of carbonyl (C=O) groups is 1. The molecule has 2 bridgehead atoms. The number of aromatic nitrogens is 1. The highest BCUT2D eigenvalue weighted by atomic mass is 35.5. The van der Waals surface area contributed by atoms with E-state index < -0.39 is 0 Å². The summed E-state index contributed by atoms with van der Waals surface area (Å²) >= 11 is 16.3. The molecule has 1 aromatic heterocycles. The van der Waals surface area contributed by atoms with Crippen molar-refractivity contribution in [1.82, 2.24) is 4.57 Å². The van der Waals surface area contributed by atoms with Gasteiger partial charge in [-0.25, -0.2) is 0 Å². The monoisotopic (exact) mass is 566 g/mol. The fourth-order valence-electron chi connectivity index (χ4n) is 6.86. The van der Waals surface area contributed by atoms with Gasteiger partial charge >= 0.3 is 4.87 Å². The van der Waals surface area contributed by atoms with Crippen molar-refractivity contribution in [3.05, 3.63) is 90.8 Å². The second-order valence-corrected chi connectivity index (χ2v) is 13.3. The van der Waals surface area contributed by atoms with Gasteiger partial charge in [-0.15, -0.1) is 11.8 Å². The van der Waals surface area contributed by atoms with Crippen molar-refractivity contribution in [1.29, 1.82) is 0 Å². The molecule has 0 spiro atoms. The number of amides is 1. The Balaban J connectivity index is 1.27. The average Bonchev–Trinajstić information content (AvgIpc) is 3.59. The smallest absolute Gasteiger partial charge is 0.308 e. The zero-order valence-corrected chi connectivity index (χ0v) is 23.0. The highest BCUT2D eigenvalue weighted by Gasteiger charge is 2.55. The Labute approximate surface area is 233 Å². The summed E-state index contributed by atoms with van der Waals surface area (Å²) in [6.07, 6.45) is 3.71. The molecular formula is C29H24Cl2N2O2S2. The standard InChI is InChI=1S/C29H24Cl2N2O2S2/c30-20-9-4-8-19(25(20)31)24-23-16-11-12-17(13-16)26(23)36-28-27(24)37-29(35)33(28)14-22(34)32-21-10-3-6-15-5-1-2-7-18(15)21/h1-10,16-17,23-24,26H,11-14H2,(H,32,34). The fraction of sp³-hybridized carbons (Fsp3) is 0.310. The van der Waals surface area contributed by atoms with Crippen molar-refractivity contribution in [2.45, 2.75) is 42.0 Å². The maximum Gasteiger partial charge on any atom is 0.308 e. The minimum Gasteiger partial charge on any atom is -0.324 e. The number of nitrogens with one attached hydrogen (secondary N) is 1. The number of thiazole rings is 1. The van der Waals surface area contributed by atoms with Crippen LogP contribution in [0.25, 0.3) is 10.8 Å². The van der Waals surface area contributed by atoms with Gasteiger partial charge in [0.15, 0.2) is 0 Å². The molecule has 7 rings (SSSR count). The Morgan fingerprint density at radius 2 is 1.78 bits per heavy atom. The third kappa shape index (κ3) is 3.87. The molecule has 1 amide bonds. The summed E-state index contributed by atoms with van der Waals surface area (Å²) in [7, 11) is 0. The first-order valence-corrected chi connectivity index (χ1v) is 15.1. The minimum absolute atomic E-state index is 0.0115. The van der Waals surface area contributed by atoms with Crippen LogP contribution in [0.4, 0.5) is 5.69 Å². The van der Waals surface area contributed by atoms with Crippen LogP contribution in [0.1, 0.15) is 35.6 Å². The molecule has 4 nitrogen and oxygen atoms in total. The van der Waals surface area contributed by atoms with Crippen LogP contribution < -0.4 is 10.2 Å². The van der Waals surface area contributed by atoms with Gasteiger partial charge < -0.3 is 5.32 Å². The molecule has 188 valence electrons. The van der Waals surface area contributed by atoms with E-state index in [1.54, 1.807) is 4.57 Å². The molecule has 3 aliphatic rings. The van der Waals surface area contributed by atoms with Gasteiger partial charge in [-0.1, -0.05) is 83.1 Å². The summed E-state index contributed by atoms with van der Waals surface area (Å²) in [5.74, 6) is 1.54. The van der Waals surface area contributed by atoms with Crippen LogP contribution in [-0.4, -0.2) is 15.7 Å². The van der Waals surface area contributed by atoms with E-state index in [4.69, 9.17) is 23.2 Å². The molecule has 0 saturated heterocycles. The molecule has 8 heteroatoms. The van der Waals surface area contributed by atoms with E-state index in [9.17, 15) is 9.59 Å². The number of hydrogen-bond donors (Lipinski definition) is 1. The molecule has 4 aromatic rings. The number of halogens is 2. The highest BCUT2D eigenvalue weighted by molar-refractivity contribution is 8.00. The molecule has 1 N–H and O–H groups in total. The second-order valence-electron chi connectivity index (χ2n) is 10.3. The van der Waals surface area contributed by atoms with Gasteiger partial charge in [-0.3, -0.25) is 14.2 Å². The van der Waals surface area contributed by atoms with Gasteiger partial charge in [-0.2, -0.15) is 0 Å². The van der Waals surface area contributed by atoms with Crippen molar-refractivity contribution in [3.63, 3.8) is 0 Å². The molecule has 37 heavy (non-hydrogen) atoms. The second kappa shape index (κ2) is 9.19. The summed E-state index contributed by atoms with van der Waals surface area (Å²) in [4.78, 5) is 27.6. The van der Waals surface area contributed by atoms with Crippen molar-refractivity contribution in [2.75, 3.05) is 5.32 Å². The fourth-order valence-corrected chi connectivity index (χ4v) is 10.4. The lowest BCUT2D eigenvalue weighted by molar-refractivity contribution is -0.116. The Morgan fingerprint density at radius 1 is 1.00 bits per heavy atom. The van der Waals surface area contributed by atoms with E-state index in [1.807, 2.05) is 66.4 Å². The SMILES string of the molecule is O=C(Cn1c2c(sc1=O)C(c1cccc(Cl)c1Cl)C1C3CCC(C3)C1S2)Nc1cccc2ccccc12. The maximum atomic E-state index is 13.4. The van der Waals surface area contributed by atoms with Crippen LogP contribution in [0, 0.1) is 17.8 Å². The van der Waals surface area contributed by atoms with E-state index in [0.717, 1.165) is 31.9 Å². The number of thioether (sulfide) groups is 1. The topological polar surface area (TPSA) is 51.1 Å². The maximum absolute atomic E-state index is 13.4. The predicted molar refractivity (Wildman–Crippen MR) is 153 cm³/mol. The van der Waals surface area contributed by atoms with E-state index in [1.165, 1.54) is 30.6 Å². The number of nitrogens with zero attached hydrogens (tertiary/aromatic N) is 1. The largest absolute Gasteiger partial charge is 0.324 e. The van der Waals surface area contributed by atoms with Crippen LogP contribution in [0.3, 0.4) is 0 Å². The van der Waals surface area contributed by atoms with Crippen molar-refractivity contribution >= 4 is 68.7 Å². The van der Waals surface area contributed by atoms with E-state index in [2.05, 4.69) is 11.4 Å². The Kier molecular flexibility index (Phi) is 5.92. The molecule has 2 fully saturated rings. The first kappa shape index (κ1) is 23.8. The lowest BCUT2D eigenvalue weighted by Gasteiger charge is -2.40. The lowest BCUT2D eigenvalue weighted by Crippen LogP contribution is -2.35. The van der Waals surface area contributed by atoms with Gasteiger partial charge in [0.2, 0.25) is 5.91 Å². The first-order chi connectivity index (χ1) is 18.0. The summed E-state index contributed by atoms with van der Waals surface area (Å²) in [5.41, 5.74) is 1.76. The quantitative estimate of drug-likeness (QED) is 0.276. The normalized spacial score (nSPS) is 25.7. The first-order valence-electron chi connectivity index (χ1n) is 12.6. The molecule has 3 aromatic carbocycles. The van der Waals surface area contributed by atoms with Gasteiger partial charge in [0.1, 0.15) is 6.54 Å². The molecule has 5 atom stereocenters. The van der Waals surface area contributed by atoms with Crippen LogP contribution in [0.2, 0.25) is 10.0 Å². The third-order valence-corrected chi connectivity index (χ3v) is 12.0. The third-order valence-electron chi connectivity index (χ3n) is 8.37. The number of benzene rings is 3. The molecule has 0 radical (unpaired) electrons. The number of fused-ring (bicyclic) bond motifs is 7.